The average Bonchev–Trinajstić information content (AvgIpc) is 3.46. The summed E-state index contributed by atoms with van der Waals surface area (Å²) in [6, 6.07) is 12.8. The number of nitrogens with one attached hydrogen (secondary N) is 1. The molecule has 0 amide bonds. The van der Waals surface area contributed by atoms with Crippen molar-refractivity contribution in [2.75, 3.05) is 0 Å². The SMILES string of the molecule is Cc1cc(CNCc2sccc2-c2sc(-c3ccc(C(F)(F)F)cc3)nc2C)ccc1OC(C)(C)C(=O)O. The van der Waals surface area contributed by atoms with Crippen LogP contribution in [0, 0.1) is 13.8 Å². The topological polar surface area (TPSA) is 71.5 Å². The monoisotopic (exact) mass is 560 g/mol. The Hall–Kier alpha value is -3.21. The molecule has 2 aromatic heterocycles. The van der Waals surface area contributed by atoms with Crippen LogP contribution in [0.3, 0.4) is 0 Å². The van der Waals surface area contributed by atoms with E-state index in [2.05, 4.69) is 10.3 Å². The van der Waals surface area contributed by atoms with Gasteiger partial charge in [0.15, 0.2) is 5.60 Å². The molecule has 0 aliphatic carbocycles. The third-order valence-corrected chi connectivity index (χ3v) is 8.14. The van der Waals surface area contributed by atoms with Gasteiger partial charge in [-0.25, -0.2) is 9.78 Å². The lowest BCUT2D eigenvalue weighted by atomic mass is 10.1. The van der Waals surface area contributed by atoms with E-state index in [4.69, 9.17) is 4.74 Å². The van der Waals surface area contributed by atoms with Crippen molar-refractivity contribution in [1.29, 1.82) is 0 Å². The number of carboxylic acid groups (broad SMARTS) is 1. The molecule has 2 N–H and O–H groups in total. The summed E-state index contributed by atoms with van der Waals surface area (Å²) in [6.45, 7) is 8.06. The molecule has 0 radical (unpaired) electrons. The second kappa shape index (κ2) is 10.9. The highest BCUT2D eigenvalue weighted by Crippen LogP contribution is 2.39. The Morgan fingerprint density at radius 2 is 1.76 bits per heavy atom. The molecule has 2 aromatic carbocycles. The van der Waals surface area contributed by atoms with E-state index < -0.39 is 23.3 Å². The van der Waals surface area contributed by atoms with Gasteiger partial charge in [0.1, 0.15) is 10.8 Å². The number of carboxylic acids is 1. The molecule has 0 unspecified atom stereocenters. The van der Waals surface area contributed by atoms with Crippen molar-refractivity contribution in [3.63, 3.8) is 0 Å². The number of rotatable bonds is 9. The van der Waals surface area contributed by atoms with Gasteiger partial charge in [0.2, 0.25) is 0 Å². The number of carbonyl (C=O) groups is 1. The second-order valence-corrected chi connectivity index (χ2v) is 11.4. The van der Waals surface area contributed by atoms with Crippen LogP contribution in [0.1, 0.15) is 41.1 Å². The molecule has 2 heterocycles. The zero-order valence-electron chi connectivity index (χ0n) is 21.3. The van der Waals surface area contributed by atoms with Gasteiger partial charge >= 0.3 is 12.1 Å². The van der Waals surface area contributed by atoms with Crippen LogP contribution in [0.15, 0.2) is 53.9 Å². The van der Waals surface area contributed by atoms with E-state index >= 15 is 0 Å². The summed E-state index contributed by atoms with van der Waals surface area (Å²) in [5.41, 5.74) is 2.45. The molecule has 0 saturated heterocycles. The number of aliphatic carboxylic acids is 1. The largest absolute Gasteiger partial charge is 0.478 e. The predicted molar refractivity (Wildman–Crippen MR) is 145 cm³/mol. The lowest BCUT2D eigenvalue weighted by Crippen LogP contribution is -2.38. The number of aryl methyl sites for hydroxylation is 2. The van der Waals surface area contributed by atoms with Gasteiger partial charge in [-0.15, -0.1) is 22.7 Å². The molecule has 0 bridgehead atoms. The molecule has 4 rings (SSSR count). The van der Waals surface area contributed by atoms with Gasteiger partial charge in [-0.1, -0.05) is 24.3 Å². The zero-order chi connectivity index (χ0) is 27.7. The second-order valence-electron chi connectivity index (χ2n) is 9.39. The number of nitrogens with zero attached hydrogens (tertiary/aromatic N) is 1. The Labute approximate surface area is 227 Å². The van der Waals surface area contributed by atoms with Crippen LogP contribution in [0.5, 0.6) is 5.75 Å². The number of thiazole rings is 1. The van der Waals surface area contributed by atoms with E-state index in [1.807, 2.05) is 37.4 Å². The molecule has 0 saturated carbocycles. The van der Waals surface area contributed by atoms with Crippen molar-refractivity contribution in [2.24, 2.45) is 0 Å². The van der Waals surface area contributed by atoms with Gasteiger partial charge in [-0.3, -0.25) is 0 Å². The van der Waals surface area contributed by atoms with Crippen LogP contribution in [0.4, 0.5) is 13.2 Å². The van der Waals surface area contributed by atoms with Crippen LogP contribution >= 0.6 is 22.7 Å². The van der Waals surface area contributed by atoms with Crippen molar-refractivity contribution >= 4 is 28.6 Å². The summed E-state index contributed by atoms with van der Waals surface area (Å²) in [6.07, 6.45) is -4.37. The third-order valence-electron chi connectivity index (χ3n) is 5.98. The predicted octanol–water partition coefficient (Wildman–Crippen LogP) is 7.71. The quantitative estimate of drug-likeness (QED) is 0.219. The van der Waals surface area contributed by atoms with E-state index in [0.717, 1.165) is 44.3 Å². The smallest absolute Gasteiger partial charge is 0.416 e. The molecule has 200 valence electrons. The molecule has 0 aliphatic heterocycles. The normalized spacial score (nSPS) is 12.1. The molecule has 5 nitrogen and oxygen atoms in total. The van der Waals surface area contributed by atoms with Crippen molar-refractivity contribution in [2.45, 2.75) is 52.6 Å². The maximum atomic E-state index is 12.9. The fraction of sp³-hybridized carbons (Fsp3) is 0.286. The Bertz CT molecular complexity index is 1440. The number of alkyl halides is 3. The summed E-state index contributed by atoms with van der Waals surface area (Å²) >= 11 is 3.10. The van der Waals surface area contributed by atoms with Gasteiger partial charge in [0, 0.05) is 29.1 Å². The van der Waals surface area contributed by atoms with Crippen molar-refractivity contribution in [3.8, 4) is 26.8 Å². The minimum absolute atomic E-state index is 0.534. The number of benzene rings is 2. The van der Waals surface area contributed by atoms with Gasteiger partial charge in [-0.2, -0.15) is 13.2 Å². The number of hydrogen-bond donors (Lipinski definition) is 2. The zero-order valence-corrected chi connectivity index (χ0v) is 22.9. The van der Waals surface area contributed by atoms with Crippen LogP contribution < -0.4 is 10.1 Å². The van der Waals surface area contributed by atoms with Crippen LogP contribution in [-0.2, 0) is 24.1 Å². The van der Waals surface area contributed by atoms with Crippen LogP contribution in [0.2, 0.25) is 0 Å². The maximum absolute atomic E-state index is 12.9. The summed E-state index contributed by atoms with van der Waals surface area (Å²) in [5.74, 6) is -0.497. The van der Waals surface area contributed by atoms with Crippen molar-refractivity contribution < 1.29 is 27.8 Å². The Morgan fingerprint density at radius 3 is 2.39 bits per heavy atom. The van der Waals surface area contributed by atoms with E-state index in [9.17, 15) is 23.1 Å². The summed E-state index contributed by atoms with van der Waals surface area (Å²) in [4.78, 5) is 18.1. The first kappa shape index (κ1) is 27.8. The summed E-state index contributed by atoms with van der Waals surface area (Å²) in [5, 5.41) is 15.5. The summed E-state index contributed by atoms with van der Waals surface area (Å²) in [7, 11) is 0. The third kappa shape index (κ3) is 6.25. The Morgan fingerprint density at radius 1 is 1.05 bits per heavy atom. The van der Waals surface area contributed by atoms with E-state index in [0.29, 0.717) is 29.4 Å². The van der Waals surface area contributed by atoms with E-state index in [1.54, 1.807) is 17.4 Å². The molecule has 10 heteroatoms. The number of thiophene rings is 1. The first-order chi connectivity index (χ1) is 17.8. The molecule has 38 heavy (non-hydrogen) atoms. The molecular formula is C28H27F3N2O3S2. The Balaban J connectivity index is 1.43. The lowest BCUT2D eigenvalue weighted by Gasteiger charge is -2.23. The maximum Gasteiger partial charge on any atom is 0.416 e. The number of halogens is 3. The van der Waals surface area contributed by atoms with Crippen molar-refractivity contribution in [3.05, 3.63) is 81.2 Å². The highest BCUT2D eigenvalue weighted by molar-refractivity contribution is 7.19. The van der Waals surface area contributed by atoms with Gasteiger partial charge in [-0.05, 0) is 68.5 Å². The van der Waals surface area contributed by atoms with Crippen LogP contribution in [0.25, 0.3) is 21.0 Å². The molecule has 0 spiro atoms. The fourth-order valence-electron chi connectivity index (χ4n) is 3.83. The fourth-order valence-corrected chi connectivity index (χ4v) is 5.87. The number of aromatic nitrogens is 1. The van der Waals surface area contributed by atoms with Gasteiger partial charge in [0.25, 0.3) is 0 Å². The molecule has 4 aromatic rings. The first-order valence-corrected chi connectivity index (χ1v) is 13.5. The van der Waals surface area contributed by atoms with Crippen molar-refractivity contribution in [1.82, 2.24) is 10.3 Å². The van der Waals surface area contributed by atoms with Gasteiger partial charge < -0.3 is 15.2 Å². The average molecular weight is 561 g/mol. The highest BCUT2D eigenvalue weighted by atomic mass is 32.1. The van der Waals surface area contributed by atoms with E-state index in [1.165, 1.54) is 37.3 Å². The number of ether oxygens (including phenoxy) is 1. The summed E-state index contributed by atoms with van der Waals surface area (Å²) < 4.78 is 44.4. The Kier molecular flexibility index (Phi) is 7.96. The number of hydrogen-bond acceptors (Lipinski definition) is 6. The van der Waals surface area contributed by atoms with Gasteiger partial charge in [0.05, 0.1) is 16.1 Å². The van der Waals surface area contributed by atoms with Crippen LogP contribution in [-0.4, -0.2) is 21.7 Å². The highest BCUT2D eigenvalue weighted by Gasteiger charge is 2.31. The molecule has 0 atom stereocenters. The lowest BCUT2D eigenvalue weighted by molar-refractivity contribution is -0.152. The minimum atomic E-state index is -4.37. The molecular weight excluding hydrogens is 533 g/mol. The molecule has 0 aliphatic rings. The standard InChI is InChI=1S/C28H27F3N2O3S2/c1-16-13-18(5-10-22(16)36-27(3,4)26(34)35)14-32-15-23-21(11-12-37-23)24-17(2)33-25(38-24)19-6-8-20(9-7-19)28(29,30)31/h5-13,32H,14-15H2,1-4H3,(H,34,35). The minimum Gasteiger partial charge on any atom is -0.478 e. The first-order valence-electron chi connectivity index (χ1n) is 11.8. The van der Waals surface area contributed by atoms with E-state index in [-0.39, 0.29) is 0 Å². The molecule has 0 fully saturated rings.